The van der Waals surface area contributed by atoms with Crippen LogP contribution in [0.25, 0.3) is 11.5 Å². The van der Waals surface area contributed by atoms with Crippen LogP contribution in [-0.2, 0) is 0 Å². The van der Waals surface area contributed by atoms with Gasteiger partial charge in [-0.3, -0.25) is 10.1 Å². The Balaban J connectivity index is 1.79. The van der Waals surface area contributed by atoms with Gasteiger partial charge in [-0.05, 0) is 36.4 Å². The number of amides is 1. The number of ether oxygens (including phenoxy) is 1. The normalized spacial score (nSPS) is 10.5. The van der Waals surface area contributed by atoms with Gasteiger partial charge in [-0.2, -0.15) is 0 Å². The molecular formula is C16H11Cl2N3O3. The number of nitrogens with one attached hydrogen (secondary N) is 1. The monoisotopic (exact) mass is 363 g/mol. The van der Waals surface area contributed by atoms with E-state index in [-0.39, 0.29) is 11.9 Å². The van der Waals surface area contributed by atoms with E-state index in [4.69, 9.17) is 32.4 Å². The molecular weight excluding hydrogens is 353 g/mol. The van der Waals surface area contributed by atoms with Gasteiger partial charge in [-0.1, -0.05) is 34.4 Å². The Hall–Kier alpha value is -2.57. The molecule has 0 radical (unpaired) electrons. The van der Waals surface area contributed by atoms with Gasteiger partial charge in [0.1, 0.15) is 5.75 Å². The maximum absolute atomic E-state index is 12.2. The number of carbonyl (C=O) groups excluding carboxylic acids is 1. The van der Waals surface area contributed by atoms with E-state index in [1.807, 2.05) is 0 Å². The number of hydrogen-bond donors (Lipinski definition) is 1. The first-order valence-corrected chi connectivity index (χ1v) is 7.57. The summed E-state index contributed by atoms with van der Waals surface area (Å²) in [7, 11) is 1.52. The van der Waals surface area contributed by atoms with Crippen molar-refractivity contribution in [2.75, 3.05) is 12.4 Å². The lowest BCUT2D eigenvalue weighted by molar-refractivity contribution is 0.102. The van der Waals surface area contributed by atoms with Crippen LogP contribution < -0.4 is 10.1 Å². The summed E-state index contributed by atoms with van der Waals surface area (Å²) in [5.74, 6) is 0.353. The smallest absolute Gasteiger partial charge is 0.322 e. The molecule has 8 heteroatoms. The molecule has 1 amide bonds. The molecule has 6 nitrogen and oxygen atoms in total. The number of nitrogens with zero attached hydrogens (tertiary/aromatic N) is 2. The van der Waals surface area contributed by atoms with Gasteiger partial charge in [-0.25, -0.2) is 0 Å². The highest BCUT2D eigenvalue weighted by molar-refractivity contribution is 6.36. The molecule has 0 saturated heterocycles. The summed E-state index contributed by atoms with van der Waals surface area (Å²) in [6.45, 7) is 0. The van der Waals surface area contributed by atoms with E-state index in [1.165, 1.54) is 7.11 Å². The number of methoxy groups -OCH3 is 1. The maximum Gasteiger partial charge on any atom is 0.322 e. The number of halogens is 2. The molecule has 122 valence electrons. The van der Waals surface area contributed by atoms with Crippen molar-refractivity contribution in [1.82, 2.24) is 10.2 Å². The van der Waals surface area contributed by atoms with Crippen LogP contribution in [0.5, 0.6) is 5.75 Å². The van der Waals surface area contributed by atoms with Gasteiger partial charge in [0.05, 0.1) is 17.7 Å². The molecule has 0 bridgehead atoms. The average Bonchev–Trinajstić information content (AvgIpc) is 3.03. The quantitative estimate of drug-likeness (QED) is 0.747. The number of hydrogen-bond acceptors (Lipinski definition) is 5. The minimum atomic E-state index is -0.397. The van der Waals surface area contributed by atoms with E-state index in [2.05, 4.69) is 15.5 Å². The van der Waals surface area contributed by atoms with Crippen LogP contribution in [0, 0.1) is 0 Å². The lowest BCUT2D eigenvalue weighted by Gasteiger charge is -2.03. The fraction of sp³-hybridized carbons (Fsp3) is 0.0625. The van der Waals surface area contributed by atoms with Crippen LogP contribution in [0.4, 0.5) is 6.01 Å². The van der Waals surface area contributed by atoms with Crippen molar-refractivity contribution < 1.29 is 13.9 Å². The van der Waals surface area contributed by atoms with E-state index in [0.717, 1.165) is 0 Å². The minimum absolute atomic E-state index is 0.0381. The maximum atomic E-state index is 12.2. The molecule has 1 N–H and O–H groups in total. The summed E-state index contributed by atoms with van der Waals surface area (Å²) in [4.78, 5) is 12.2. The van der Waals surface area contributed by atoms with Crippen molar-refractivity contribution in [3.05, 3.63) is 58.1 Å². The lowest BCUT2D eigenvalue weighted by Crippen LogP contribution is -2.12. The standard InChI is InChI=1S/C16H11Cl2N3O3/c1-23-11-4-2-3-9(7-11)14(22)19-16-21-20-15(24-16)12-6-5-10(17)8-13(12)18/h2-8H,1H3,(H,19,21,22). The van der Waals surface area contributed by atoms with Crippen LogP contribution >= 0.6 is 23.2 Å². The Labute approximate surface area is 147 Å². The second-order valence-corrected chi connectivity index (χ2v) is 5.57. The van der Waals surface area contributed by atoms with E-state index in [1.54, 1.807) is 42.5 Å². The highest BCUT2D eigenvalue weighted by atomic mass is 35.5. The topological polar surface area (TPSA) is 77.2 Å². The van der Waals surface area contributed by atoms with Gasteiger partial charge in [0, 0.05) is 10.6 Å². The summed E-state index contributed by atoms with van der Waals surface area (Å²) < 4.78 is 10.5. The first kappa shape index (κ1) is 16.3. The van der Waals surface area contributed by atoms with Crippen LogP contribution in [-0.4, -0.2) is 23.2 Å². The Morgan fingerprint density at radius 2 is 2.00 bits per heavy atom. The largest absolute Gasteiger partial charge is 0.497 e. The van der Waals surface area contributed by atoms with Gasteiger partial charge >= 0.3 is 6.01 Å². The molecule has 0 saturated carbocycles. The van der Waals surface area contributed by atoms with Crippen LogP contribution in [0.3, 0.4) is 0 Å². The number of aromatic nitrogens is 2. The third kappa shape index (κ3) is 3.50. The molecule has 0 spiro atoms. The van der Waals surface area contributed by atoms with Crippen molar-refractivity contribution in [1.29, 1.82) is 0 Å². The molecule has 0 atom stereocenters. The van der Waals surface area contributed by atoms with Crippen molar-refractivity contribution >= 4 is 35.1 Å². The van der Waals surface area contributed by atoms with E-state index >= 15 is 0 Å². The molecule has 0 fully saturated rings. The van der Waals surface area contributed by atoms with Gasteiger partial charge in [-0.15, -0.1) is 5.10 Å². The molecule has 3 aromatic rings. The third-order valence-corrected chi connectivity index (χ3v) is 3.69. The SMILES string of the molecule is COc1cccc(C(=O)Nc2nnc(-c3ccc(Cl)cc3Cl)o2)c1. The second kappa shape index (κ2) is 6.90. The molecule has 1 aromatic heterocycles. The van der Waals surface area contributed by atoms with E-state index in [9.17, 15) is 4.79 Å². The number of carbonyl (C=O) groups is 1. The first-order valence-electron chi connectivity index (χ1n) is 6.81. The predicted octanol–water partition coefficient (Wildman–Crippen LogP) is 4.30. The predicted molar refractivity (Wildman–Crippen MR) is 90.7 cm³/mol. The second-order valence-electron chi connectivity index (χ2n) is 4.72. The fourth-order valence-electron chi connectivity index (χ4n) is 1.98. The van der Waals surface area contributed by atoms with Crippen molar-refractivity contribution in [3.8, 4) is 17.2 Å². The number of benzene rings is 2. The van der Waals surface area contributed by atoms with Crippen LogP contribution in [0.15, 0.2) is 46.9 Å². The molecule has 0 aliphatic carbocycles. The van der Waals surface area contributed by atoms with Gasteiger partial charge in [0.2, 0.25) is 0 Å². The lowest BCUT2D eigenvalue weighted by atomic mass is 10.2. The highest BCUT2D eigenvalue weighted by Gasteiger charge is 2.15. The Bertz CT molecular complexity index is 896. The van der Waals surface area contributed by atoms with Crippen LogP contribution in [0.2, 0.25) is 10.0 Å². The molecule has 0 aliphatic heterocycles. The third-order valence-electron chi connectivity index (χ3n) is 3.14. The minimum Gasteiger partial charge on any atom is -0.497 e. The molecule has 0 unspecified atom stereocenters. The van der Waals surface area contributed by atoms with Gasteiger partial charge in [0.15, 0.2) is 0 Å². The van der Waals surface area contributed by atoms with Crippen molar-refractivity contribution in [2.24, 2.45) is 0 Å². The Morgan fingerprint density at radius 3 is 2.75 bits per heavy atom. The number of anilines is 1. The molecule has 2 aromatic carbocycles. The van der Waals surface area contributed by atoms with E-state index < -0.39 is 5.91 Å². The van der Waals surface area contributed by atoms with Gasteiger partial charge < -0.3 is 9.15 Å². The summed E-state index contributed by atoms with van der Waals surface area (Å²) in [6.07, 6.45) is 0. The molecule has 3 rings (SSSR count). The van der Waals surface area contributed by atoms with Crippen LogP contribution in [0.1, 0.15) is 10.4 Å². The Morgan fingerprint density at radius 1 is 1.17 bits per heavy atom. The summed E-state index contributed by atoms with van der Waals surface area (Å²) in [6, 6.07) is 11.5. The zero-order valence-corrected chi connectivity index (χ0v) is 13.9. The fourth-order valence-corrected chi connectivity index (χ4v) is 2.47. The van der Waals surface area contributed by atoms with E-state index in [0.29, 0.717) is 26.9 Å². The van der Waals surface area contributed by atoms with Crippen molar-refractivity contribution in [3.63, 3.8) is 0 Å². The highest BCUT2D eigenvalue weighted by Crippen LogP contribution is 2.30. The average molecular weight is 364 g/mol. The molecule has 1 heterocycles. The summed E-state index contributed by atoms with van der Waals surface area (Å²) in [5.41, 5.74) is 0.925. The molecule has 0 aliphatic rings. The number of rotatable bonds is 4. The first-order chi connectivity index (χ1) is 11.6. The summed E-state index contributed by atoms with van der Waals surface area (Å²) in [5, 5.41) is 11.1. The van der Waals surface area contributed by atoms with Gasteiger partial charge in [0.25, 0.3) is 11.8 Å². The summed E-state index contributed by atoms with van der Waals surface area (Å²) >= 11 is 11.9. The van der Waals surface area contributed by atoms with Crippen molar-refractivity contribution in [2.45, 2.75) is 0 Å². The molecule has 24 heavy (non-hydrogen) atoms. The zero-order chi connectivity index (χ0) is 17.1. The Kier molecular flexibility index (Phi) is 4.69. The zero-order valence-electron chi connectivity index (χ0n) is 12.4.